The van der Waals surface area contributed by atoms with E-state index < -0.39 is 11.7 Å². The molecule has 0 aliphatic carbocycles. The Kier molecular flexibility index (Phi) is 4.81. The van der Waals surface area contributed by atoms with E-state index in [1.807, 2.05) is 6.92 Å². The fourth-order valence-corrected chi connectivity index (χ4v) is 0.544. The first-order valence-corrected chi connectivity index (χ1v) is 3.39. The van der Waals surface area contributed by atoms with Crippen LogP contribution >= 0.6 is 0 Å². The van der Waals surface area contributed by atoms with Gasteiger partial charge < -0.3 is 0 Å². The molecular weight excluding hydrogens is 134 g/mol. The summed E-state index contributed by atoms with van der Waals surface area (Å²) in [7, 11) is 0. The molecule has 0 saturated heterocycles. The predicted octanol–water partition coefficient (Wildman–Crippen LogP) is 3.51. The molecule has 0 atom stereocenters. The second-order valence-electron chi connectivity index (χ2n) is 2.10. The van der Waals surface area contributed by atoms with Crippen LogP contribution in [0.1, 0.15) is 26.2 Å². The molecule has 0 amide bonds. The van der Waals surface area contributed by atoms with Crippen LogP contribution in [0.2, 0.25) is 0 Å². The van der Waals surface area contributed by atoms with Crippen LogP contribution in [0, 0.1) is 0 Å². The molecule has 0 aliphatic rings. The lowest BCUT2D eigenvalue weighted by atomic mass is 10.2. The lowest BCUT2D eigenvalue weighted by Gasteiger charge is -1.90. The van der Waals surface area contributed by atoms with Crippen molar-refractivity contribution in [2.45, 2.75) is 26.2 Å². The summed E-state index contributed by atoms with van der Waals surface area (Å²) in [5, 5.41) is 0. The Hall–Kier alpha value is -0.660. The van der Waals surface area contributed by atoms with Gasteiger partial charge in [0.25, 0.3) is 0 Å². The lowest BCUT2D eigenvalue weighted by Crippen LogP contribution is -1.73. The molecule has 0 bridgehead atoms. The highest BCUT2D eigenvalue weighted by Crippen LogP contribution is 2.11. The third kappa shape index (κ3) is 4.24. The van der Waals surface area contributed by atoms with Crippen molar-refractivity contribution in [3.8, 4) is 0 Å². The molecule has 0 saturated carbocycles. The Morgan fingerprint density at radius 2 is 2.10 bits per heavy atom. The summed E-state index contributed by atoms with van der Waals surface area (Å²) in [5.74, 6) is -1.80. The standard InChI is InChI=1S/C8H12F2/c1-3-4-5-6-8(10)7(2)9/h6H,2-5H2,1H3/b8-6-. The largest absolute Gasteiger partial charge is 0.204 e. The van der Waals surface area contributed by atoms with E-state index in [2.05, 4.69) is 6.58 Å². The molecular formula is C8H12F2. The zero-order valence-corrected chi connectivity index (χ0v) is 6.16. The van der Waals surface area contributed by atoms with Crippen LogP contribution in [0.15, 0.2) is 24.3 Å². The topological polar surface area (TPSA) is 0 Å². The van der Waals surface area contributed by atoms with E-state index in [4.69, 9.17) is 0 Å². The molecule has 0 fully saturated rings. The molecule has 0 heterocycles. The van der Waals surface area contributed by atoms with Gasteiger partial charge in [-0.05, 0) is 18.9 Å². The summed E-state index contributed by atoms with van der Waals surface area (Å²) in [6.07, 6.45) is 3.69. The molecule has 10 heavy (non-hydrogen) atoms. The van der Waals surface area contributed by atoms with Gasteiger partial charge in [0, 0.05) is 0 Å². The average Bonchev–Trinajstić information content (AvgIpc) is 1.88. The van der Waals surface area contributed by atoms with Crippen molar-refractivity contribution in [3.63, 3.8) is 0 Å². The monoisotopic (exact) mass is 146 g/mol. The van der Waals surface area contributed by atoms with Crippen LogP contribution in [0.3, 0.4) is 0 Å². The Morgan fingerprint density at radius 1 is 1.50 bits per heavy atom. The van der Waals surface area contributed by atoms with Crippen molar-refractivity contribution < 1.29 is 8.78 Å². The first-order chi connectivity index (χ1) is 4.68. The minimum Gasteiger partial charge on any atom is -0.204 e. The number of unbranched alkanes of at least 4 members (excludes halogenated alkanes) is 2. The average molecular weight is 146 g/mol. The van der Waals surface area contributed by atoms with E-state index in [0.717, 1.165) is 12.8 Å². The van der Waals surface area contributed by atoms with Crippen molar-refractivity contribution in [2.75, 3.05) is 0 Å². The van der Waals surface area contributed by atoms with Gasteiger partial charge in [-0.1, -0.05) is 19.9 Å². The van der Waals surface area contributed by atoms with Crippen molar-refractivity contribution in [1.82, 2.24) is 0 Å². The van der Waals surface area contributed by atoms with Crippen LogP contribution < -0.4 is 0 Å². The van der Waals surface area contributed by atoms with Crippen molar-refractivity contribution in [2.24, 2.45) is 0 Å². The van der Waals surface area contributed by atoms with Crippen molar-refractivity contribution >= 4 is 0 Å². The maximum absolute atomic E-state index is 12.2. The molecule has 58 valence electrons. The van der Waals surface area contributed by atoms with Gasteiger partial charge in [0.05, 0.1) is 0 Å². The quantitative estimate of drug-likeness (QED) is 0.420. The van der Waals surface area contributed by atoms with Gasteiger partial charge in [-0.25, -0.2) is 8.78 Å². The van der Waals surface area contributed by atoms with Gasteiger partial charge in [-0.3, -0.25) is 0 Å². The van der Waals surface area contributed by atoms with Crippen LogP contribution in [-0.4, -0.2) is 0 Å². The molecule has 0 spiro atoms. The van der Waals surface area contributed by atoms with Gasteiger partial charge in [-0.2, -0.15) is 0 Å². The highest BCUT2D eigenvalue weighted by atomic mass is 19.2. The number of halogens is 2. The van der Waals surface area contributed by atoms with E-state index in [-0.39, 0.29) is 0 Å². The SMILES string of the molecule is C=C(F)/C(F)=C/CCCC. The summed E-state index contributed by atoms with van der Waals surface area (Å²) < 4.78 is 24.1. The van der Waals surface area contributed by atoms with Gasteiger partial charge in [-0.15, -0.1) is 0 Å². The number of allylic oxidation sites excluding steroid dienone is 3. The number of hydrogen-bond acceptors (Lipinski definition) is 0. The van der Waals surface area contributed by atoms with Crippen molar-refractivity contribution in [1.29, 1.82) is 0 Å². The normalized spacial score (nSPS) is 11.7. The van der Waals surface area contributed by atoms with E-state index in [1.165, 1.54) is 6.08 Å². The highest BCUT2D eigenvalue weighted by Gasteiger charge is 1.96. The van der Waals surface area contributed by atoms with E-state index in [1.54, 1.807) is 0 Å². The van der Waals surface area contributed by atoms with Crippen LogP contribution in [0.4, 0.5) is 8.78 Å². The molecule has 0 unspecified atom stereocenters. The molecule has 0 radical (unpaired) electrons. The summed E-state index contributed by atoms with van der Waals surface area (Å²) in [4.78, 5) is 0. The highest BCUT2D eigenvalue weighted by molar-refractivity contribution is 5.14. The predicted molar refractivity (Wildman–Crippen MR) is 39.0 cm³/mol. The van der Waals surface area contributed by atoms with E-state index in [0.29, 0.717) is 6.42 Å². The Bertz CT molecular complexity index is 136. The molecule has 0 aromatic rings. The molecule has 0 aliphatic heterocycles. The Balaban J connectivity index is 3.58. The van der Waals surface area contributed by atoms with E-state index in [9.17, 15) is 8.78 Å². The fraction of sp³-hybridized carbons (Fsp3) is 0.500. The summed E-state index contributed by atoms with van der Waals surface area (Å²) in [6.45, 7) is 4.82. The van der Waals surface area contributed by atoms with Gasteiger partial charge in [0.15, 0.2) is 11.7 Å². The van der Waals surface area contributed by atoms with Crippen LogP contribution in [0.5, 0.6) is 0 Å². The minimum atomic E-state index is -0.976. The lowest BCUT2D eigenvalue weighted by molar-refractivity contribution is 0.543. The first kappa shape index (κ1) is 9.34. The van der Waals surface area contributed by atoms with Crippen LogP contribution in [-0.2, 0) is 0 Å². The number of rotatable bonds is 4. The van der Waals surface area contributed by atoms with Gasteiger partial charge in [0.2, 0.25) is 0 Å². The summed E-state index contributed by atoms with van der Waals surface area (Å²) >= 11 is 0. The van der Waals surface area contributed by atoms with E-state index >= 15 is 0 Å². The van der Waals surface area contributed by atoms with Gasteiger partial charge >= 0.3 is 0 Å². The molecule has 0 rings (SSSR count). The molecule has 2 heteroatoms. The van der Waals surface area contributed by atoms with Crippen LogP contribution in [0.25, 0.3) is 0 Å². The second-order valence-corrected chi connectivity index (χ2v) is 2.10. The smallest absolute Gasteiger partial charge is 0.154 e. The zero-order chi connectivity index (χ0) is 7.98. The zero-order valence-electron chi connectivity index (χ0n) is 6.16. The summed E-state index contributed by atoms with van der Waals surface area (Å²) in [6, 6.07) is 0. The molecule has 0 N–H and O–H groups in total. The molecule has 0 nitrogen and oxygen atoms in total. The fourth-order valence-electron chi connectivity index (χ4n) is 0.544. The molecule has 0 aromatic carbocycles. The maximum Gasteiger partial charge on any atom is 0.154 e. The molecule has 0 aromatic heterocycles. The third-order valence-corrected chi connectivity index (χ3v) is 1.14. The minimum absolute atomic E-state index is 0.589. The Labute approximate surface area is 60.2 Å². The number of hydrogen-bond donors (Lipinski definition) is 0. The van der Waals surface area contributed by atoms with Crippen molar-refractivity contribution in [3.05, 3.63) is 24.3 Å². The maximum atomic E-state index is 12.2. The Morgan fingerprint density at radius 3 is 2.50 bits per heavy atom. The van der Waals surface area contributed by atoms with Gasteiger partial charge in [0.1, 0.15) is 0 Å². The third-order valence-electron chi connectivity index (χ3n) is 1.14. The summed E-state index contributed by atoms with van der Waals surface area (Å²) in [5.41, 5.74) is 0. The first-order valence-electron chi connectivity index (χ1n) is 3.39. The second kappa shape index (κ2) is 5.15.